The van der Waals surface area contributed by atoms with Crippen molar-refractivity contribution in [3.63, 3.8) is 0 Å². The van der Waals surface area contributed by atoms with Gasteiger partial charge in [0.2, 0.25) is 0 Å². The number of carbonyl (C=O) groups is 1. The van der Waals surface area contributed by atoms with Gasteiger partial charge in [0.25, 0.3) is 5.91 Å². The standard InChI is InChI=1S/C27H28N4O/c1-21-29-27(23-10-4-2-5-11-23,24-12-6-3-7-13-24)26(32)31(21)25-14-17-30(18-15-25)20-22-9-8-16-28-19-22/h2-13,16,19,25H,14-15,17-18,20H2,1H3. The summed E-state index contributed by atoms with van der Waals surface area (Å²) in [5, 5.41) is 0. The number of amides is 1. The summed E-state index contributed by atoms with van der Waals surface area (Å²) in [6.45, 7) is 4.80. The lowest BCUT2D eigenvalue weighted by Gasteiger charge is -2.38. The van der Waals surface area contributed by atoms with Crippen LogP contribution >= 0.6 is 0 Å². The summed E-state index contributed by atoms with van der Waals surface area (Å²) in [6, 6.07) is 24.2. The monoisotopic (exact) mass is 424 g/mol. The number of nitrogens with zero attached hydrogens (tertiary/aromatic N) is 4. The first kappa shape index (κ1) is 20.6. The summed E-state index contributed by atoms with van der Waals surface area (Å²) in [5.41, 5.74) is 2.08. The molecule has 2 aromatic carbocycles. The number of aliphatic imine (C=N–C) groups is 1. The van der Waals surface area contributed by atoms with Crippen LogP contribution in [0.1, 0.15) is 36.5 Å². The van der Waals surface area contributed by atoms with Crippen molar-refractivity contribution in [3.05, 3.63) is 102 Å². The summed E-state index contributed by atoms with van der Waals surface area (Å²) in [5.74, 6) is 0.881. The van der Waals surface area contributed by atoms with E-state index < -0.39 is 5.54 Å². The molecule has 32 heavy (non-hydrogen) atoms. The van der Waals surface area contributed by atoms with Gasteiger partial charge in [0, 0.05) is 38.1 Å². The lowest BCUT2D eigenvalue weighted by atomic mass is 9.82. The van der Waals surface area contributed by atoms with E-state index in [0.717, 1.165) is 49.4 Å². The predicted octanol–water partition coefficient (Wildman–Crippen LogP) is 4.25. The molecule has 0 unspecified atom stereocenters. The van der Waals surface area contributed by atoms with Gasteiger partial charge in [0.15, 0.2) is 5.54 Å². The van der Waals surface area contributed by atoms with Crippen LogP contribution in [-0.2, 0) is 16.9 Å². The zero-order valence-electron chi connectivity index (χ0n) is 18.4. The summed E-state index contributed by atoms with van der Waals surface area (Å²) < 4.78 is 0. The molecule has 0 N–H and O–H groups in total. The molecule has 0 spiro atoms. The Morgan fingerprint density at radius 1 is 0.906 bits per heavy atom. The first-order valence-corrected chi connectivity index (χ1v) is 11.3. The van der Waals surface area contributed by atoms with Gasteiger partial charge in [-0.1, -0.05) is 66.7 Å². The number of carbonyl (C=O) groups excluding carboxylic acids is 1. The molecule has 162 valence electrons. The fraction of sp³-hybridized carbons (Fsp3) is 0.296. The van der Waals surface area contributed by atoms with E-state index in [1.165, 1.54) is 5.56 Å². The second-order valence-electron chi connectivity index (χ2n) is 8.65. The van der Waals surface area contributed by atoms with Gasteiger partial charge in [0.1, 0.15) is 5.84 Å². The van der Waals surface area contributed by atoms with Crippen LogP contribution in [0.2, 0.25) is 0 Å². The maximum absolute atomic E-state index is 14.1. The van der Waals surface area contributed by atoms with Crippen molar-refractivity contribution < 1.29 is 4.79 Å². The van der Waals surface area contributed by atoms with Gasteiger partial charge in [-0.15, -0.1) is 0 Å². The number of benzene rings is 2. The van der Waals surface area contributed by atoms with E-state index in [4.69, 9.17) is 4.99 Å². The van der Waals surface area contributed by atoms with Gasteiger partial charge in [0.05, 0.1) is 0 Å². The fourth-order valence-corrected chi connectivity index (χ4v) is 5.08. The van der Waals surface area contributed by atoms with E-state index in [-0.39, 0.29) is 11.9 Å². The van der Waals surface area contributed by atoms with Crippen molar-refractivity contribution in [1.29, 1.82) is 0 Å². The third-order valence-electron chi connectivity index (χ3n) is 6.64. The van der Waals surface area contributed by atoms with E-state index in [0.29, 0.717) is 0 Å². The van der Waals surface area contributed by atoms with Crippen LogP contribution in [0.5, 0.6) is 0 Å². The summed E-state index contributed by atoms with van der Waals surface area (Å²) >= 11 is 0. The first-order valence-electron chi connectivity index (χ1n) is 11.3. The maximum atomic E-state index is 14.1. The highest BCUT2D eigenvalue weighted by Gasteiger charge is 2.51. The summed E-state index contributed by atoms with van der Waals surface area (Å²) in [6.07, 6.45) is 5.63. The fourth-order valence-electron chi connectivity index (χ4n) is 5.08. The van der Waals surface area contributed by atoms with Crippen LogP contribution in [0.25, 0.3) is 0 Å². The van der Waals surface area contributed by atoms with Crippen molar-refractivity contribution in [3.8, 4) is 0 Å². The minimum atomic E-state index is -1.00. The number of amidine groups is 1. The Bertz CT molecular complexity index is 1050. The highest BCUT2D eigenvalue weighted by Crippen LogP contribution is 2.41. The largest absolute Gasteiger partial charge is 0.299 e. The van der Waals surface area contributed by atoms with Crippen LogP contribution in [0, 0.1) is 0 Å². The minimum absolute atomic E-state index is 0.0677. The lowest BCUT2D eigenvalue weighted by Crippen LogP contribution is -2.50. The van der Waals surface area contributed by atoms with Crippen molar-refractivity contribution in [1.82, 2.24) is 14.8 Å². The Hall–Kier alpha value is -3.31. The topological polar surface area (TPSA) is 48.8 Å². The van der Waals surface area contributed by atoms with Crippen molar-refractivity contribution in [2.24, 2.45) is 4.99 Å². The Morgan fingerprint density at radius 2 is 1.53 bits per heavy atom. The Morgan fingerprint density at radius 3 is 2.09 bits per heavy atom. The van der Waals surface area contributed by atoms with Gasteiger partial charge < -0.3 is 0 Å². The first-order chi connectivity index (χ1) is 15.7. The number of hydrogen-bond acceptors (Lipinski definition) is 4. The Kier molecular flexibility index (Phi) is 5.58. The smallest absolute Gasteiger partial charge is 0.265 e. The molecule has 0 saturated carbocycles. The normalized spacial score (nSPS) is 19.2. The number of rotatable bonds is 5. The average molecular weight is 425 g/mol. The molecule has 3 heterocycles. The molecule has 5 rings (SSSR count). The molecule has 0 radical (unpaired) electrons. The molecule has 0 aliphatic carbocycles. The summed E-state index contributed by atoms with van der Waals surface area (Å²) in [7, 11) is 0. The van der Waals surface area contributed by atoms with Gasteiger partial charge in [-0.2, -0.15) is 0 Å². The van der Waals surface area contributed by atoms with Crippen LogP contribution in [0.4, 0.5) is 0 Å². The van der Waals surface area contributed by atoms with Crippen molar-refractivity contribution >= 4 is 11.7 Å². The Balaban J connectivity index is 1.39. The molecule has 3 aromatic rings. The van der Waals surface area contributed by atoms with E-state index >= 15 is 0 Å². The maximum Gasteiger partial charge on any atom is 0.265 e. The summed E-state index contributed by atoms with van der Waals surface area (Å²) in [4.78, 5) is 27.8. The second-order valence-corrected chi connectivity index (χ2v) is 8.65. The molecule has 5 nitrogen and oxygen atoms in total. The molecule has 0 atom stereocenters. The molecule has 1 aromatic heterocycles. The SMILES string of the molecule is CC1=NC(c2ccccc2)(c2ccccc2)C(=O)N1C1CCN(Cc2cccnc2)CC1. The quantitative estimate of drug-likeness (QED) is 0.615. The number of hydrogen-bond donors (Lipinski definition) is 0. The molecule has 2 aliphatic heterocycles. The molecule has 1 saturated heterocycles. The number of aromatic nitrogens is 1. The Labute approximate surface area is 189 Å². The molecule has 5 heteroatoms. The third-order valence-corrected chi connectivity index (χ3v) is 6.64. The highest BCUT2D eigenvalue weighted by molar-refractivity contribution is 6.10. The van der Waals surface area contributed by atoms with Gasteiger partial charge in [-0.3, -0.25) is 19.6 Å². The van der Waals surface area contributed by atoms with Crippen LogP contribution in [0.3, 0.4) is 0 Å². The molecule has 1 fully saturated rings. The van der Waals surface area contributed by atoms with Gasteiger partial charge in [-0.25, -0.2) is 4.99 Å². The van der Waals surface area contributed by atoms with Crippen LogP contribution in [0.15, 0.2) is 90.2 Å². The second kappa shape index (κ2) is 8.67. The number of pyridine rings is 1. The van der Waals surface area contributed by atoms with Gasteiger partial charge in [-0.05, 0) is 42.5 Å². The van der Waals surface area contributed by atoms with Gasteiger partial charge >= 0.3 is 0 Å². The number of piperidine rings is 1. The van der Waals surface area contributed by atoms with Crippen LogP contribution in [-0.4, -0.2) is 45.7 Å². The van der Waals surface area contributed by atoms with E-state index in [2.05, 4.69) is 16.0 Å². The van der Waals surface area contributed by atoms with E-state index in [1.54, 1.807) is 0 Å². The highest BCUT2D eigenvalue weighted by atomic mass is 16.2. The predicted molar refractivity (Wildman–Crippen MR) is 126 cm³/mol. The molecular weight excluding hydrogens is 396 g/mol. The lowest BCUT2D eigenvalue weighted by molar-refractivity contribution is -0.132. The molecule has 0 bridgehead atoms. The number of likely N-dealkylation sites (tertiary alicyclic amines) is 1. The molecular formula is C27H28N4O. The molecule has 1 amide bonds. The van der Waals surface area contributed by atoms with E-state index in [1.807, 2.05) is 90.9 Å². The van der Waals surface area contributed by atoms with E-state index in [9.17, 15) is 4.79 Å². The average Bonchev–Trinajstić information content (AvgIpc) is 3.12. The van der Waals surface area contributed by atoms with Crippen LogP contribution < -0.4 is 0 Å². The molecule has 2 aliphatic rings. The minimum Gasteiger partial charge on any atom is -0.299 e. The zero-order chi connectivity index (χ0) is 22.0. The van der Waals surface area contributed by atoms with Crippen molar-refractivity contribution in [2.75, 3.05) is 13.1 Å². The third kappa shape index (κ3) is 3.63. The zero-order valence-corrected chi connectivity index (χ0v) is 18.4. The van der Waals surface area contributed by atoms with Crippen molar-refractivity contribution in [2.45, 2.75) is 37.9 Å².